The molecule has 1 amide bonds. The summed E-state index contributed by atoms with van der Waals surface area (Å²) in [6.45, 7) is 0.419. The number of halogens is 2. The van der Waals surface area contributed by atoms with Crippen LogP contribution in [0, 0.1) is 0 Å². The van der Waals surface area contributed by atoms with E-state index < -0.39 is 0 Å². The Hall–Kier alpha value is -1.34. The molecule has 0 aliphatic carbocycles. The molecule has 2 aromatic rings. The van der Waals surface area contributed by atoms with Crippen molar-refractivity contribution in [2.75, 3.05) is 7.11 Å². The fourth-order valence-electron chi connectivity index (χ4n) is 2.64. The maximum absolute atomic E-state index is 12.8. The van der Waals surface area contributed by atoms with E-state index in [1.54, 1.807) is 36.5 Å². The number of ether oxygens (including phenoxy) is 1. The average molecular weight is 413 g/mol. The molecule has 1 aromatic carbocycles. The van der Waals surface area contributed by atoms with E-state index >= 15 is 0 Å². The Kier molecular flexibility index (Phi) is 5.84. The maximum Gasteiger partial charge on any atom is 0.242 e. The number of rotatable bonds is 5. The standard InChI is InChI=1S/C17H14Cl2N2O2S2/c1-23-15-11(5-12(18)7-13(15)19)6-14-16(22)21(17(24)25-14)9-10-3-2-4-20-8-10/h2-5,7-8,14H,6,9H2,1H3/t14-/m1/s1. The van der Waals surface area contributed by atoms with Gasteiger partial charge in [0.05, 0.1) is 23.9 Å². The van der Waals surface area contributed by atoms with E-state index in [1.807, 2.05) is 12.1 Å². The van der Waals surface area contributed by atoms with Crippen molar-refractivity contribution in [3.05, 3.63) is 57.8 Å². The van der Waals surface area contributed by atoms with Gasteiger partial charge in [0.1, 0.15) is 10.1 Å². The number of amides is 1. The first-order valence-electron chi connectivity index (χ1n) is 7.42. The van der Waals surface area contributed by atoms with Crippen molar-refractivity contribution in [3.63, 3.8) is 0 Å². The first kappa shape index (κ1) is 18.5. The summed E-state index contributed by atoms with van der Waals surface area (Å²) in [5.74, 6) is 0.507. The lowest BCUT2D eigenvalue weighted by Crippen LogP contribution is -2.31. The third-order valence-electron chi connectivity index (χ3n) is 3.76. The van der Waals surface area contributed by atoms with Gasteiger partial charge in [-0.05, 0) is 35.7 Å². The molecule has 1 aliphatic heterocycles. The van der Waals surface area contributed by atoms with E-state index in [9.17, 15) is 4.79 Å². The summed E-state index contributed by atoms with van der Waals surface area (Å²) in [6, 6.07) is 7.14. The fourth-order valence-corrected chi connectivity index (χ4v) is 4.77. The number of carbonyl (C=O) groups excluding carboxylic acids is 1. The Morgan fingerprint density at radius 2 is 2.20 bits per heavy atom. The van der Waals surface area contributed by atoms with Crippen LogP contribution in [0.5, 0.6) is 5.75 Å². The van der Waals surface area contributed by atoms with Crippen LogP contribution in [0.25, 0.3) is 0 Å². The lowest BCUT2D eigenvalue weighted by molar-refractivity contribution is -0.126. The highest BCUT2D eigenvalue weighted by atomic mass is 35.5. The van der Waals surface area contributed by atoms with Crippen LogP contribution in [-0.2, 0) is 17.8 Å². The highest BCUT2D eigenvalue weighted by Gasteiger charge is 2.37. The molecule has 1 atom stereocenters. The molecule has 2 heterocycles. The summed E-state index contributed by atoms with van der Waals surface area (Å²) in [5, 5.41) is 0.605. The Balaban J connectivity index is 1.79. The van der Waals surface area contributed by atoms with Gasteiger partial charge in [0, 0.05) is 17.4 Å². The quantitative estimate of drug-likeness (QED) is 0.681. The van der Waals surface area contributed by atoms with E-state index in [0.717, 1.165) is 11.1 Å². The molecule has 25 heavy (non-hydrogen) atoms. The number of thioether (sulfide) groups is 1. The molecule has 0 spiro atoms. The molecule has 0 bridgehead atoms. The summed E-state index contributed by atoms with van der Waals surface area (Å²) in [6.07, 6.45) is 3.87. The normalized spacial score (nSPS) is 17.2. The van der Waals surface area contributed by atoms with Crippen molar-refractivity contribution in [1.82, 2.24) is 9.88 Å². The highest BCUT2D eigenvalue weighted by molar-refractivity contribution is 8.24. The van der Waals surface area contributed by atoms with Crippen LogP contribution < -0.4 is 4.74 Å². The van der Waals surface area contributed by atoms with E-state index in [-0.39, 0.29) is 11.2 Å². The topological polar surface area (TPSA) is 42.4 Å². The molecule has 130 valence electrons. The molecule has 0 unspecified atom stereocenters. The Morgan fingerprint density at radius 3 is 2.88 bits per heavy atom. The minimum Gasteiger partial charge on any atom is -0.495 e. The summed E-state index contributed by atoms with van der Waals surface area (Å²) < 4.78 is 5.92. The van der Waals surface area contributed by atoms with Gasteiger partial charge in [-0.25, -0.2) is 0 Å². The third kappa shape index (κ3) is 4.08. The molecule has 1 aliphatic rings. The SMILES string of the molecule is COc1c(Cl)cc(Cl)cc1C[C@H]1SC(=S)N(Cc2cccnc2)C1=O. The molecule has 1 aromatic heterocycles. The molecule has 3 rings (SSSR count). The summed E-state index contributed by atoms with van der Waals surface area (Å²) >= 11 is 19.0. The van der Waals surface area contributed by atoms with E-state index in [2.05, 4.69) is 4.98 Å². The number of thiocarbonyl (C=S) groups is 1. The predicted molar refractivity (Wildman–Crippen MR) is 105 cm³/mol. The summed E-state index contributed by atoms with van der Waals surface area (Å²) in [5.41, 5.74) is 1.72. The molecule has 8 heteroatoms. The van der Waals surface area contributed by atoms with Crippen LogP contribution in [0.4, 0.5) is 0 Å². The van der Waals surface area contributed by atoms with Crippen molar-refractivity contribution in [1.29, 1.82) is 0 Å². The average Bonchev–Trinajstić information content (AvgIpc) is 2.83. The third-order valence-corrected chi connectivity index (χ3v) is 5.85. The first-order chi connectivity index (χ1) is 12.0. The molecular formula is C17H14Cl2N2O2S2. The number of aromatic nitrogens is 1. The second-order valence-corrected chi connectivity index (χ2v) is 8.12. The van der Waals surface area contributed by atoms with Gasteiger partial charge in [0.15, 0.2) is 0 Å². The Morgan fingerprint density at radius 1 is 1.40 bits per heavy atom. The second kappa shape index (κ2) is 7.91. The smallest absolute Gasteiger partial charge is 0.242 e. The zero-order valence-corrected chi connectivity index (χ0v) is 16.4. The molecule has 1 fully saturated rings. The Labute approximate surface area is 165 Å². The van der Waals surface area contributed by atoms with E-state index in [0.29, 0.717) is 33.1 Å². The molecule has 1 saturated heterocycles. The zero-order chi connectivity index (χ0) is 18.0. The van der Waals surface area contributed by atoms with Gasteiger partial charge in [-0.2, -0.15) is 0 Å². The van der Waals surface area contributed by atoms with E-state index in [4.69, 9.17) is 40.2 Å². The van der Waals surface area contributed by atoms with Gasteiger partial charge in [-0.1, -0.05) is 53.2 Å². The maximum atomic E-state index is 12.8. The number of nitrogens with zero attached hydrogens (tertiary/aromatic N) is 2. The lowest BCUT2D eigenvalue weighted by atomic mass is 10.1. The second-order valence-electron chi connectivity index (χ2n) is 5.44. The van der Waals surface area contributed by atoms with Crippen molar-refractivity contribution < 1.29 is 9.53 Å². The van der Waals surface area contributed by atoms with Gasteiger partial charge in [-0.3, -0.25) is 14.7 Å². The summed E-state index contributed by atoms with van der Waals surface area (Å²) in [7, 11) is 1.54. The van der Waals surface area contributed by atoms with Crippen molar-refractivity contribution in [2.45, 2.75) is 18.2 Å². The van der Waals surface area contributed by atoms with Crippen LogP contribution in [0.2, 0.25) is 10.0 Å². The predicted octanol–water partition coefficient (Wildman–Crippen LogP) is 4.37. The van der Waals surface area contributed by atoms with Crippen LogP contribution in [0.3, 0.4) is 0 Å². The Bertz CT molecular complexity index is 818. The van der Waals surface area contributed by atoms with Gasteiger partial charge < -0.3 is 4.74 Å². The molecule has 0 radical (unpaired) electrons. The monoisotopic (exact) mass is 412 g/mol. The van der Waals surface area contributed by atoms with Crippen molar-refractivity contribution in [3.8, 4) is 5.75 Å². The highest BCUT2D eigenvalue weighted by Crippen LogP contribution is 2.37. The molecule has 0 N–H and O–H groups in total. The van der Waals surface area contributed by atoms with Gasteiger partial charge >= 0.3 is 0 Å². The van der Waals surface area contributed by atoms with Crippen LogP contribution in [0.1, 0.15) is 11.1 Å². The largest absolute Gasteiger partial charge is 0.495 e. The molecule has 4 nitrogen and oxygen atoms in total. The number of hydrogen-bond acceptors (Lipinski definition) is 5. The number of carbonyl (C=O) groups is 1. The van der Waals surface area contributed by atoms with Gasteiger partial charge in [0.2, 0.25) is 5.91 Å². The minimum atomic E-state index is -0.326. The lowest BCUT2D eigenvalue weighted by Gasteiger charge is -2.16. The first-order valence-corrected chi connectivity index (χ1v) is 9.46. The molecule has 0 saturated carbocycles. The molecular weight excluding hydrogens is 399 g/mol. The number of methoxy groups -OCH3 is 1. The van der Waals surface area contributed by atoms with E-state index in [1.165, 1.54) is 11.8 Å². The van der Waals surface area contributed by atoms with Crippen LogP contribution in [-0.4, -0.2) is 32.5 Å². The number of benzene rings is 1. The fraction of sp³-hybridized carbons (Fsp3) is 0.235. The zero-order valence-electron chi connectivity index (χ0n) is 13.2. The summed E-state index contributed by atoms with van der Waals surface area (Å²) in [4.78, 5) is 18.5. The van der Waals surface area contributed by atoms with Crippen LogP contribution >= 0.6 is 47.2 Å². The van der Waals surface area contributed by atoms with Crippen LogP contribution in [0.15, 0.2) is 36.7 Å². The van der Waals surface area contributed by atoms with Gasteiger partial charge in [-0.15, -0.1) is 0 Å². The number of hydrogen-bond donors (Lipinski definition) is 0. The van der Waals surface area contributed by atoms with Crippen molar-refractivity contribution >= 4 is 57.4 Å². The van der Waals surface area contributed by atoms with Crippen molar-refractivity contribution in [2.24, 2.45) is 0 Å². The van der Waals surface area contributed by atoms with Gasteiger partial charge in [0.25, 0.3) is 0 Å². The number of pyridine rings is 1. The minimum absolute atomic E-state index is 0.0306.